The summed E-state index contributed by atoms with van der Waals surface area (Å²) in [7, 11) is 0. The summed E-state index contributed by atoms with van der Waals surface area (Å²) in [5.41, 5.74) is -0.804. The number of aliphatic hydroxyl groups is 1. The van der Waals surface area contributed by atoms with E-state index < -0.39 is 18.3 Å². The van der Waals surface area contributed by atoms with Crippen LogP contribution < -0.4 is 5.32 Å². The molecule has 0 aromatic carbocycles. The lowest BCUT2D eigenvalue weighted by atomic mass is 10.1. The van der Waals surface area contributed by atoms with Gasteiger partial charge in [-0.1, -0.05) is 6.92 Å². The number of rotatable bonds is 7. The number of nitrogens with one attached hydrogen (secondary N) is 1. The van der Waals surface area contributed by atoms with E-state index in [4.69, 9.17) is 5.11 Å². The second kappa shape index (κ2) is 6.30. The van der Waals surface area contributed by atoms with Crippen LogP contribution in [0, 0.1) is 0 Å². The van der Waals surface area contributed by atoms with Gasteiger partial charge >= 0.3 is 6.18 Å². The summed E-state index contributed by atoms with van der Waals surface area (Å²) < 4.78 is 39.8. The second-order valence-electron chi connectivity index (χ2n) is 3.75. The van der Waals surface area contributed by atoms with Crippen LogP contribution >= 0.6 is 0 Å². The van der Waals surface area contributed by atoms with Crippen molar-refractivity contribution in [1.29, 1.82) is 0 Å². The van der Waals surface area contributed by atoms with E-state index in [-0.39, 0.29) is 13.2 Å². The van der Waals surface area contributed by atoms with Gasteiger partial charge in [-0.25, -0.2) is 0 Å². The van der Waals surface area contributed by atoms with Gasteiger partial charge in [0.05, 0.1) is 18.8 Å². The van der Waals surface area contributed by atoms with Crippen molar-refractivity contribution in [2.75, 3.05) is 26.4 Å². The third-order valence-corrected chi connectivity index (χ3v) is 1.84. The lowest BCUT2D eigenvalue weighted by Gasteiger charge is -2.28. The summed E-state index contributed by atoms with van der Waals surface area (Å²) in [4.78, 5) is 0. The molecule has 0 fully saturated rings. The third-order valence-electron chi connectivity index (χ3n) is 1.84. The molecule has 0 bridgehead atoms. The molecular weight excluding hydrogens is 211 g/mol. The van der Waals surface area contributed by atoms with E-state index in [2.05, 4.69) is 10.1 Å². The lowest BCUT2D eigenvalue weighted by Crippen LogP contribution is -2.50. The molecule has 6 heteroatoms. The van der Waals surface area contributed by atoms with Gasteiger partial charge in [-0.15, -0.1) is 0 Å². The Bertz CT molecular complexity index is 175. The number of aliphatic hydroxyl groups excluding tert-OH is 1. The summed E-state index contributed by atoms with van der Waals surface area (Å²) in [5, 5.41) is 12.0. The van der Waals surface area contributed by atoms with Crippen LogP contribution in [0.5, 0.6) is 0 Å². The van der Waals surface area contributed by atoms with Gasteiger partial charge in [0.1, 0.15) is 6.61 Å². The summed E-state index contributed by atoms with van der Waals surface area (Å²) >= 11 is 0. The highest BCUT2D eigenvalue weighted by atomic mass is 19.4. The molecule has 0 spiro atoms. The van der Waals surface area contributed by atoms with E-state index in [9.17, 15) is 13.2 Å². The first kappa shape index (κ1) is 14.7. The van der Waals surface area contributed by atoms with Crippen molar-refractivity contribution in [2.45, 2.75) is 32.0 Å². The normalized spacial score (nSPS) is 16.4. The van der Waals surface area contributed by atoms with Crippen LogP contribution in [0.25, 0.3) is 0 Å². The maximum atomic E-state index is 11.8. The summed E-state index contributed by atoms with van der Waals surface area (Å²) in [6.45, 7) is 2.48. The van der Waals surface area contributed by atoms with Gasteiger partial charge in [-0.3, -0.25) is 0 Å². The molecule has 0 aliphatic heterocycles. The molecule has 3 nitrogen and oxygen atoms in total. The molecule has 0 aromatic heterocycles. The predicted molar refractivity (Wildman–Crippen MR) is 50.7 cm³/mol. The molecule has 0 aliphatic rings. The van der Waals surface area contributed by atoms with E-state index in [1.165, 1.54) is 0 Å². The van der Waals surface area contributed by atoms with Crippen LogP contribution in [0.4, 0.5) is 13.2 Å². The lowest BCUT2D eigenvalue weighted by molar-refractivity contribution is -0.178. The van der Waals surface area contributed by atoms with Crippen LogP contribution in [0.2, 0.25) is 0 Å². The molecular formula is C9H18F3NO2. The molecule has 2 N–H and O–H groups in total. The van der Waals surface area contributed by atoms with Crippen molar-refractivity contribution in [3.8, 4) is 0 Å². The molecule has 1 atom stereocenters. The fourth-order valence-corrected chi connectivity index (χ4v) is 0.971. The van der Waals surface area contributed by atoms with E-state index in [0.717, 1.165) is 6.42 Å². The van der Waals surface area contributed by atoms with Crippen molar-refractivity contribution >= 4 is 0 Å². The van der Waals surface area contributed by atoms with Crippen molar-refractivity contribution < 1.29 is 23.0 Å². The SMILES string of the molecule is CCCNC(C)(CO)COCC(F)(F)F. The number of hydrogen-bond donors (Lipinski definition) is 2. The standard InChI is InChI=1S/C9H18F3NO2/c1-3-4-13-8(2,5-14)6-15-7-9(10,11)12/h13-14H,3-7H2,1-2H3. The minimum Gasteiger partial charge on any atom is -0.394 e. The molecule has 0 heterocycles. The van der Waals surface area contributed by atoms with E-state index >= 15 is 0 Å². The number of hydrogen-bond acceptors (Lipinski definition) is 3. The van der Waals surface area contributed by atoms with Crippen molar-refractivity contribution in [3.05, 3.63) is 0 Å². The molecule has 0 saturated carbocycles. The highest BCUT2D eigenvalue weighted by Crippen LogP contribution is 2.15. The average Bonchev–Trinajstić information content (AvgIpc) is 2.13. The first-order chi connectivity index (χ1) is 6.83. The first-order valence-corrected chi connectivity index (χ1v) is 4.83. The predicted octanol–water partition coefficient (Wildman–Crippen LogP) is 1.32. The van der Waals surface area contributed by atoms with Gasteiger partial charge in [0.25, 0.3) is 0 Å². The zero-order valence-corrected chi connectivity index (χ0v) is 9.02. The maximum Gasteiger partial charge on any atom is 0.411 e. The Labute approximate surface area is 87.6 Å². The Morgan fingerprint density at radius 2 is 1.87 bits per heavy atom. The van der Waals surface area contributed by atoms with E-state index in [0.29, 0.717) is 6.54 Å². The molecule has 0 radical (unpaired) electrons. The molecule has 15 heavy (non-hydrogen) atoms. The van der Waals surface area contributed by atoms with Crippen LogP contribution in [-0.2, 0) is 4.74 Å². The molecule has 1 unspecified atom stereocenters. The van der Waals surface area contributed by atoms with Crippen molar-refractivity contribution in [2.24, 2.45) is 0 Å². The van der Waals surface area contributed by atoms with Crippen molar-refractivity contribution in [1.82, 2.24) is 5.32 Å². The molecule has 92 valence electrons. The van der Waals surface area contributed by atoms with Crippen LogP contribution in [0.15, 0.2) is 0 Å². The first-order valence-electron chi connectivity index (χ1n) is 4.83. The van der Waals surface area contributed by atoms with E-state index in [1.807, 2.05) is 6.92 Å². The minimum atomic E-state index is -4.32. The number of alkyl halides is 3. The molecule has 0 aliphatic carbocycles. The highest BCUT2D eigenvalue weighted by molar-refractivity contribution is 4.81. The average molecular weight is 229 g/mol. The second-order valence-corrected chi connectivity index (χ2v) is 3.75. The Kier molecular flexibility index (Phi) is 6.16. The van der Waals surface area contributed by atoms with Crippen LogP contribution in [0.1, 0.15) is 20.3 Å². The number of halogens is 3. The highest BCUT2D eigenvalue weighted by Gasteiger charge is 2.30. The van der Waals surface area contributed by atoms with Gasteiger partial charge in [0, 0.05) is 0 Å². The zero-order chi connectivity index (χ0) is 11.9. The Hall–Kier alpha value is -0.330. The maximum absolute atomic E-state index is 11.8. The quantitative estimate of drug-likeness (QED) is 0.691. The fraction of sp³-hybridized carbons (Fsp3) is 1.00. The summed E-state index contributed by atoms with van der Waals surface area (Å²) in [6, 6.07) is 0. The molecule has 0 amide bonds. The Morgan fingerprint density at radius 3 is 2.27 bits per heavy atom. The topological polar surface area (TPSA) is 41.5 Å². The summed E-state index contributed by atoms with van der Waals surface area (Å²) in [6.07, 6.45) is -3.48. The number of ether oxygens (including phenoxy) is 1. The fourth-order valence-electron chi connectivity index (χ4n) is 0.971. The van der Waals surface area contributed by atoms with Gasteiger partial charge in [0.15, 0.2) is 0 Å². The third kappa shape index (κ3) is 7.58. The minimum absolute atomic E-state index is 0.164. The van der Waals surface area contributed by atoms with Gasteiger partial charge in [-0.05, 0) is 19.9 Å². The van der Waals surface area contributed by atoms with Gasteiger partial charge < -0.3 is 15.2 Å². The van der Waals surface area contributed by atoms with Crippen LogP contribution in [-0.4, -0.2) is 43.2 Å². The van der Waals surface area contributed by atoms with Gasteiger partial charge in [-0.2, -0.15) is 13.2 Å². The van der Waals surface area contributed by atoms with Crippen molar-refractivity contribution in [3.63, 3.8) is 0 Å². The molecule has 0 rings (SSSR count). The monoisotopic (exact) mass is 229 g/mol. The zero-order valence-electron chi connectivity index (χ0n) is 9.02. The largest absolute Gasteiger partial charge is 0.411 e. The smallest absolute Gasteiger partial charge is 0.394 e. The van der Waals surface area contributed by atoms with Gasteiger partial charge in [0.2, 0.25) is 0 Å². The summed E-state index contributed by atoms with van der Waals surface area (Å²) in [5.74, 6) is 0. The Morgan fingerprint density at radius 1 is 1.27 bits per heavy atom. The van der Waals surface area contributed by atoms with E-state index in [1.54, 1.807) is 6.92 Å². The molecule has 0 aromatic rings. The Balaban J connectivity index is 3.87. The van der Waals surface area contributed by atoms with Crippen LogP contribution in [0.3, 0.4) is 0 Å². The molecule has 0 saturated heterocycles.